The second kappa shape index (κ2) is 5.61. The van der Waals surface area contributed by atoms with Gasteiger partial charge in [0.15, 0.2) is 5.78 Å². The molecule has 102 valence electrons. The Bertz CT molecular complexity index is 519. The fourth-order valence-corrected chi connectivity index (χ4v) is 3.27. The highest BCUT2D eigenvalue weighted by atomic mass is 32.2. The lowest BCUT2D eigenvalue weighted by Crippen LogP contribution is -2.40. The molecule has 1 saturated heterocycles. The van der Waals surface area contributed by atoms with Gasteiger partial charge in [0.2, 0.25) is 0 Å². The zero-order valence-electron chi connectivity index (χ0n) is 11.0. The first kappa shape index (κ1) is 13.9. The molecule has 5 nitrogen and oxygen atoms in total. The van der Waals surface area contributed by atoms with E-state index in [1.165, 1.54) is 13.0 Å². The van der Waals surface area contributed by atoms with E-state index in [-0.39, 0.29) is 17.0 Å². The van der Waals surface area contributed by atoms with E-state index < -0.39 is 4.92 Å². The number of nitrogens with zero attached hydrogens (tertiary/aromatic N) is 2. The van der Waals surface area contributed by atoms with Gasteiger partial charge in [-0.25, -0.2) is 0 Å². The lowest BCUT2D eigenvalue weighted by atomic mass is 10.1. The number of nitro benzene ring substituents is 1. The molecule has 1 unspecified atom stereocenters. The normalized spacial score (nSPS) is 19.3. The highest BCUT2D eigenvalue weighted by Gasteiger charge is 2.23. The zero-order valence-corrected chi connectivity index (χ0v) is 11.8. The van der Waals surface area contributed by atoms with E-state index in [1.54, 1.807) is 12.1 Å². The van der Waals surface area contributed by atoms with E-state index in [0.29, 0.717) is 6.04 Å². The first-order chi connectivity index (χ1) is 9.00. The Hall–Kier alpha value is -1.56. The van der Waals surface area contributed by atoms with Crippen molar-refractivity contribution in [2.45, 2.75) is 19.9 Å². The summed E-state index contributed by atoms with van der Waals surface area (Å²) in [6.45, 7) is 4.39. The summed E-state index contributed by atoms with van der Waals surface area (Å²) in [6.07, 6.45) is 0. The molecule has 1 aromatic rings. The van der Waals surface area contributed by atoms with Crippen molar-refractivity contribution in [1.29, 1.82) is 0 Å². The Morgan fingerprint density at radius 2 is 2.26 bits per heavy atom. The van der Waals surface area contributed by atoms with Gasteiger partial charge in [0.1, 0.15) is 0 Å². The molecule has 0 N–H and O–H groups in total. The Morgan fingerprint density at radius 3 is 2.84 bits per heavy atom. The molecule has 0 radical (unpaired) electrons. The van der Waals surface area contributed by atoms with Crippen molar-refractivity contribution in [3.8, 4) is 0 Å². The van der Waals surface area contributed by atoms with Crippen LogP contribution in [0.4, 0.5) is 11.4 Å². The minimum absolute atomic E-state index is 0.115. The summed E-state index contributed by atoms with van der Waals surface area (Å²) in [7, 11) is 0. The average Bonchev–Trinajstić information content (AvgIpc) is 2.38. The van der Waals surface area contributed by atoms with E-state index >= 15 is 0 Å². The van der Waals surface area contributed by atoms with Gasteiger partial charge in [0, 0.05) is 35.8 Å². The predicted molar refractivity (Wildman–Crippen MR) is 77.2 cm³/mol. The minimum atomic E-state index is -0.504. The monoisotopic (exact) mass is 280 g/mol. The molecule has 0 aromatic heterocycles. The van der Waals surface area contributed by atoms with E-state index in [9.17, 15) is 14.9 Å². The van der Waals surface area contributed by atoms with Gasteiger partial charge in [-0.05, 0) is 26.0 Å². The number of benzene rings is 1. The predicted octanol–water partition coefficient (Wildman–Crippen LogP) is 2.74. The van der Waals surface area contributed by atoms with Crippen molar-refractivity contribution in [2.24, 2.45) is 0 Å². The molecule has 2 rings (SSSR count). The number of carbonyl (C=O) groups excluding carboxylic acids is 1. The average molecular weight is 280 g/mol. The molecule has 1 aliphatic rings. The standard InChI is InChI=1S/C13H16N2O3S/c1-9-8-19-6-5-14(9)11-3-4-13(15(17)18)12(7-11)10(2)16/h3-4,7,9H,5-6,8H2,1-2H3. The number of hydrogen-bond acceptors (Lipinski definition) is 5. The maximum Gasteiger partial charge on any atom is 0.280 e. The number of Topliss-reactive ketones (excluding diaryl/α,β-unsaturated/α-hetero) is 1. The maximum absolute atomic E-state index is 11.6. The number of rotatable bonds is 3. The molecule has 0 aliphatic carbocycles. The van der Waals surface area contributed by atoms with Gasteiger partial charge in [-0.3, -0.25) is 14.9 Å². The van der Waals surface area contributed by atoms with Gasteiger partial charge in [0.05, 0.1) is 10.5 Å². The van der Waals surface area contributed by atoms with Crippen LogP contribution in [-0.2, 0) is 0 Å². The van der Waals surface area contributed by atoms with Gasteiger partial charge in [-0.1, -0.05) is 0 Å². The molecule has 1 aliphatic heterocycles. The summed E-state index contributed by atoms with van der Waals surface area (Å²) in [4.78, 5) is 24.2. The quantitative estimate of drug-likeness (QED) is 0.484. The van der Waals surface area contributed by atoms with Crippen molar-refractivity contribution >= 4 is 28.9 Å². The number of thioether (sulfide) groups is 1. The van der Waals surface area contributed by atoms with Gasteiger partial charge >= 0.3 is 0 Å². The third-order valence-electron chi connectivity index (χ3n) is 3.26. The van der Waals surface area contributed by atoms with Crippen LogP contribution in [0.15, 0.2) is 18.2 Å². The smallest absolute Gasteiger partial charge is 0.280 e. The SMILES string of the molecule is CC(=O)c1cc(N2CCSCC2C)ccc1[N+](=O)[O-]. The summed E-state index contributed by atoms with van der Waals surface area (Å²) in [5.74, 6) is 1.80. The topological polar surface area (TPSA) is 63.5 Å². The number of anilines is 1. The molecule has 19 heavy (non-hydrogen) atoms. The van der Waals surface area contributed by atoms with Crippen molar-refractivity contribution in [3.63, 3.8) is 0 Å². The third-order valence-corrected chi connectivity index (χ3v) is 4.44. The second-order valence-electron chi connectivity index (χ2n) is 4.63. The molecule has 1 heterocycles. The first-order valence-electron chi connectivity index (χ1n) is 6.14. The highest BCUT2D eigenvalue weighted by Crippen LogP contribution is 2.29. The minimum Gasteiger partial charge on any atom is -0.367 e. The second-order valence-corrected chi connectivity index (χ2v) is 5.78. The van der Waals surface area contributed by atoms with Crippen LogP contribution in [0.1, 0.15) is 24.2 Å². The third kappa shape index (κ3) is 2.89. The Kier molecular flexibility index (Phi) is 4.09. The summed E-state index contributed by atoms with van der Waals surface area (Å²) in [5, 5.41) is 10.9. The number of nitro groups is 1. The molecule has 0 bridgehead atoms. The number of carbonyl (C=O) groups is 1. The van der Waals surface area contributed by atoms with Gasteiger partial charge in [-0.15, -0.1) is 0 Å². The zero-order chi connectivity index (χ0) is 14.0. The number of hydrogen-bond donors (Lipinski definition) is 0. The molecule has 1 atom stereocenters. The summed E-state index contributed by atoms with van der Waals surface area (Å²) in [6, 6.07) is 5.19. The van der Waals surface area contributed by atoms with Gasteiger partial charge in [-0.2, -0.15) is 11.8 Å². The lowest BCUT2D eigenvalue weighted by Gasteiger charge is -2.35. The summed E-state index contributed by atoms with van der Waals surface area (Å²) < 4.78 is 0. The van der Waals surface area contributed by atoms with Crippen LogP contribution in [0.5, 0.6) is 0 Å². The van der Waals surface area contributed by atoms with Crippen LogP contribution in [0.25, 0.3) is 0 Å². The Morgan fingerprint density at radius 1 is 1.53 bits per heavy atom. The van der Waals surface area contributed by atoms with E-state index in [4.69, 9.17) is 0 Å². The molecule has 0 spiro atoms. The van der Waals surface area contributed by atoms with E-state index in [2.05, 4.69) is 11.8 Å². The van der Waals surface area contributed by atoms with Crippen LogP contribution < -0.4 is 4.90 Å². The van der Waals surface area contributed by atoms with Crippen LogP contribution in [0.2, 0.25) is 0 Å². The fraction of sp³-hybridized carbons (Fsp3) is 0.462. The highest BCUT2D eigenvalue weighted by molar-refractivity contribution is 7.99. The Labute approximate surface area is 116 Å². The van der Waals surface area contributed by atoms with Crippen LogP contribution in [0, 0.1) is 10.1 Å². The molecule has 1 fully saturated rings. The van der Waals surface area contributed by atoms with Gasteiger partial charge in [0.25, 0.3) is 5.69 Å². The molecule has 1 aromatic carbocycles. The van der Waals surface area contributed by atoms with Gasteiger partial charge < -0.3 is 4.90 Å². The van der Waals surface area contributed by atoms with E-state index in [1.807, 2.05) is 11.8 Å². The largest absolute Gasteiger partial charge is 0.367 e. The lowest BCUT2D eigenvalue weighted by molar-refractivity contribution is -0.385. The van der Waals surface area contributed by atoms with Crippen molar-refractivity contribution in [1.82, 2.24) is 0 Å². The fourth-order valence-electron chi connectivity index (χ4n) is 2.25. The molecular formula is C13H16N2O3S. The molecule has 0 amide bonds. The summed E-state index contributed by atoms with van der Waals surface area (Å²) in [5.41, 5.74) is 0.965. The van der Waals surface area contributed by atoms with Crippen LogP contribution >= 0.6 is 11.8 Å². The molecular weight excluding hydrogens is 264 g/mol. The molecule has 6 heteroatoms. The summed E-state index contributed by atoms with van der Waals surface area (Å²) >= 11 is 1.90. The Balaban J connectivity index is 2.40. The maximum atomic E-state index is 11.6. The van der Waals surface area contributed by atoms with E-state index in [0.717, 1.165) is 23.7 Å². The molecule has 0 saturated carbocycles. The van der Waals surface area contributed by atoms with Crippen LogP contribution in [-0.4, -0.2) is 34.8 Å². The first-order valence-corrected chi connectivity index (χ1v) is 7.30. The van der Waals surface area contributed by atoms with Crippen molar-refractivity contribution in [2.75, 3.05) is 23.0 Å². The van der Waals surface area contributed by atoms with Crippen LogP contribution in [0.3, 0.4) is 0 Å². The van der Waals surface area contributed by atoms with Crippen molar-refractivity contribution in [3.05, 3.63) is 33.9 Å². The van der Waals surface area contributed by atoms with Crippen molar-refractivity contribution < 1.29 is 9.72 Å². The number of ketones is 1.